The topological polar surface area (TPSA) is 91.7 Å². The van der Waals surface area contributed by atoms with Crippen molar-refractivity contribution in [3.63, 3.8) is 0 Å². The van der Waals surface area contributed by atoms with Crippen molar-refractivity contribution in [2.75, 3.05) is 7.11 Å². The summed E-state index contributed by atoms with van der Waals surface area (Å²) < 4.78 is 39.1. The van der Waals surface area contributed by atoms with E-state index in [9.17, 15) is 18.0 Å². The summed E-state index contributed by atoms with van der Waals surface area (Å²) in [6.07, 6.45) is 2.90. The van der Waals surface area contributed by atoms with Crippen molar-refractivity contribution in [3.05, 3.63) is 102 Å². The van der Waals surface area contributed by atoms with E-state index in [4.69, 9.17) is 9.47 Å². The predicted octanol–water partition coefficient (Wildman–Crippen LogP) is 5.47. The van der Waals surface area contributed by atoms with Crippen molar-refractivity contribution in [1.29, 1.82) is 0 Å². The maximum absolute atomic E-state index is 13.7. The van der Waals surface area contributed by atoms with E-state index < -0.39 is 27.4 Å². The Balaban J connectivity index is 1.86. The highest BCUT2D eigenvalue weighted by atomic mass is 32.2. The molecule has 3 aromatic carbocycles. The molecule has 7 nitrogen and oxygen atoms in total. The Morgan fingerprint density at radius 2 is 1.62 bits per heavy atom. The number of hydrogen-bond acceptors (Lipinski definition) is 6. The molecule has 0 aliphatic heterocycles. The lowest BCUT2D eigenvalue weighted by molar-refractivity contribution is -0.148. The molecule has 0 spiro atoms. The van der Waals surface area contributed by atoms with Crippen LogP contribution in [0.1, 0.15) is 42.4 Å². The summed E-state index contributed by atoms with van der Waals surface area (Å²) in [6, 6.07) is 21.1. The molecule has 0 fully saturated rings. The third-order valence-electron chi connectivity index (χ3n) is 5.45. The number of benzene rings is 3. The van der Waals surface area contributed by atoms with Crippen LogP contribution < -0.4 is 4.74 Å². The fraction of sp³-hybridized carbons (Fsp3) is 0.172. The number of methoxy groups -OCH3 is 1. The standard InChI is InChI=1S/C29H27NO6S/c1-29(2,3)36-27(31)16-14-20-13-15-25-22(17-20)19-26(28(32)21-9-8-10-23(18-21)35-4)30(25)37(33,34)24-11-6-5-7-12-24/h5-19H,1-4H3/b16-14+. The molecule has 0 saturated carbocycles. The second-order valence-electron chi connectivity index (χ2n) is 9.36. The molecule has 0 radical (unpaired) electrons. The fourth-order valence-corrected chi connectivity index (χ4v) is 5.37. The number of carbonyl (C=O) groups is 2. The van der Waals surface area contributed by atoms with Crippen LogP contribution in [-0.2, 0) is 19.6 Å². The minimum absolute atomic E-state index is 0.0135. The molecule has 0 atom stereocenters. The molecular formula is C29H27NO6S. The molecule has 0 aliphatic carbocycles. The first-order valence-electron chi connectivity index (χ1n) is 11.6. The van der Waals surface area contributed by atoms with Crippen molar-refractivity contribution < 1.29 is 27.5 Å². The molecule has 4 rings (SSSR count). The Kier molecular flexibility index (Phi) is 7.05. The predicted molar refractivity (Wildman–Crippen MR) is 142 cm³/mol. The fourth-order valence-electron chi connectivity index (χ4n) is 3.84. The lowest BCUT2D eigenvalue weighted by Crippen LogP contribution is -2.22. The number of hydrogen-bond donors (Lipinski definition) is 0. The second-order valence-corrected chi connectivity index (χ2v) is 11.1. The molecule has 8 heteroatoms. The number of ether oxygens (including phenoxy) is 2. The monoisotopic (exact) mass is 517 g/mol. The van der Waals surface area contributed by atoms with E-state index in [1.165, 1.54) is 25.3 Å². The van der Waals surface area contributed by atoms with Crippen LogP contribution in [0.2, 0.25) is 0 Å². The molecule has 0 amide bonds. The average molecular weight is 518 g/mol. The molecule has 4 aromatic rings. The van der Waals surface area contributed by atoms with Crippen molar-refractivity contribution >= 4 is 38.8 Å². The zero-order valence-electron chi connectivity index (χ0n) is 21.0. The summed E-state index contributed by atoms with van der Waals surface area (Å²) in [5, 5.41) is 0.525. The summed E-state index contributed by atoms with van der Waals surface area (Å²) in [6.45, 7) is 5.34. The van der Waals surface area contributed by atoms with E-state index in [1.54, 1.807) is 93.6 Å². The van der Waals surface area contributed by atoms with Crippen molar-refractivity contribution in [3.8, 4) is 5.75 Å². The van der Waals surface area contributed by atoms with Gasteiger partial charge in [-0.25, -0.2) is 17.2 Å². The van der Waals surface area contributed by atoms with Gasteiger partial charge in [-0.2, -0.15) is 0 Å². The van der Waals surface area contributed by atoms with Gasteiger partial charge in [0.15, 0.2) is 0 Å². The van der Waals surface area contributed by atoms with E-state index in [0.717, 1.165) is 3.97 Å². The van der Waals surface area contributed by atoms with Gasteiger partial charge in [-0.3, -0.25) is 4.79 Å². The molecule has 37 heavy (non-hydrogen) atoms. The minimum atomic E-state index is -4.11. The van der Waals surface area contributed by atoms with Crippen LogP contribution in [0.3, 0.4) is 0 Å². The van der Waals surface area contributed by atoms with Crippen LogP contribution in [0.5, 0.6) is 5.75 Å². The number of aromatic nitrogens is 1. The van der Waals surface area contributed by atoms with Crippen LogP contribution in [0.4, 0.5) is 0 Å². The Labute approximate surface area is 216 Å². The van der Waals surface area contributed by atoms with Gasteiger partial charge in [0.1, 0.15) is 17.0 Å². The molecule has 0 saturated heterocycles. The zero-order chi connectivity index (χ0) is 26.8. The molecule has 0 N–H and O–H groups in total. The van der Waals surface area contributed by atoms with Gasteiger partial charge < -0.3 is 9.47 Å². The Bertz CT molecular complexity index is 1610. The maximum atomic E-state index is 13.7. The maximum Gasteiger partial charge on any atom is 0.331 e. The Hall–Kier alpha value is -4.17. The van der Waals surface area contributed by atoms with Gasteiger partial charge in [-0.15, -0.1) is 0 Å². The van der Waals surface area contributed by atoms with Crippen molar-refractivity contribution in [2.45, 2.75) is 31.3 Å². The van der Waals surface area contributed by atoms with E-state index in [2.05, 4.69) is 0 Å². The Morgan fingerprint density at radius 3 is 2.30 bits per heavy atom. The number of fused-ring (bicyclic) bond motifs is 1. The molecule has 1 heterocycles. The highest BCUT2D eigenvalue weighted by molar-refractivity contribution is 7.90. The summed E-state index contributed by atoms with van der Waals surface area (Å²) in [5.41, 5.74) is 0.638. The molecule has 0 aliphatic rings. The highest BCUT2D eigenvalue weighted by Gasteiger charge is 2.27. The number of esters is 1. The summed E-state index contributed by atoms with van der Waals surface area (Å²) in [7, 11) is -2.62. The first-order valence-corrected chi connectivity index (χ1v) is 13.0. The third-order valence-corrected chi connectivity index (χ3v) is 7.19. The lowest BCUT2D eigenvalue weighted by Gasteiger charge is -2.17. The van der Waals surface area contributed by atoms with Crippen molar-refractivity contribution in [1.82, 2.24) is 3.97 Å². The number of nitrogens with zero attached hydrogens (tertiary/aromatic N) is 1. The molecule has 0 bridgehead atoms. The number of rotatable bonds is 7. The van der Waals surface area contributed by atoms with E-state index in [1.807, 2.05) is 0 Å². The minimum Gasteiger partial charge on any atom is -0.497 e. The van der Waals surface area contributed by atoms with Crippen LogP contribution in [0, 0.1) is 0 Å². The van der Waals surface area contributed by atoms with E-state index >= 15 is 0 Å². The molecule has 0 unspecified atom stereocenters. The summed E-state index contributed by atoms with van der Waals surface area (Å²) >= 11 is 0. The van der Waals surface area contributed by atoms with Gasteiger partial charge in [0.25, 0.3) is 10.0 Å². The third kappa shape index (κ3) is 5.65. The van der Waals surface area contributed by atoms with Crippen LogP contribution in [-0.4, -0.2) is 36.9 Å². The normalized spacial score (nSPS) is 12.1. The van der Waals surface area contributed by atoms with Gasteiger partial charge in [0.05, 0.1) is 17.5 Å². The van der Waals surface area contributed by atoms with Crippen LogP contribution >= 0.6 is 0 Å². The quantitative estimate of drug-likeness (QED) is 0.183. The molecule has 190 valence electrons. The largest absolute Gasteiger partial charge is 0.497 e. The summed E-state index contributed by atoms with van der Waals surface area (Å²) in [4.78, 5) is 25.7. The smallest absolute Gasteiger partial charge is 0.331 e. The highest BCUT2D eigenvalue weighted by Crippen LogP contribution is 2.29. The zero-order valence-corrected chi connectivity index (χ0v) is 21.8. The SMILES string of the molecule is COc1cccc(C(=O)c2cc3cc(/C=C/C(=O)OC(C)(C)C)ccc3n2S(=O)(=O)c2ccccc2)c1. The lowest BCUT2D eigenvalue weighted by atomic mass is 10.1. The molecule has 1 aromatic heterocycles. The number of carbonyl (C=O) groups excluding carboxylic acids is 2. The van der Waals surface area contributed by atoms with Gasteiger partial charge in [0.2, 0.25) is 5.78 Å². The van der Waals surface area contributed by atoms with E-state index in [-0.39, 0.29) is 16.2 Å². The van der Waals surface area contributed by atoms with Gasteiger partial charge in [0, 0.05) is 17.0 Å². The van der Waals surface area contributed by atoms with Gasteiger partial charge in [-0.1, -0.05) is 36.4 Å². The first-order chi connectivity index (χ1) is 17.5. The van der Waals surface area contributed by atoms with E-state index in [0.29, 0.717) is 22.2 Å². The molecular weight excluding hydrogens is 490 g/mol. The van der Waals surface area contributed by atoms with Crippen LogP contribution in [0.25, 0.3) is 17.0 Å². The van der Waals surface area contributed by atoms with Gasteiger partial charge >= 0.3 is 5.97 Å². The average Bonchev–Trinajstić information content (AvgIpc) is 3.26. The Morgan fingerprint density at radius 1 is 0.892 bits per heavy atom. The first kappa shape index (κ1) is 25.9. The number of ketones is 1. The summed E-state index contributed by atoms with van der Waals surface area (Å²) in [5.74, 6) is -0.486. The van der Waals surface area contributed by atoms with Gasteiger partial charge in [-0.05, 0) is 74.9 Å². The van der Waals surface area contributed by atoms with Crippen LogP contribution in [0.15, 0.2) is 89.8 Å². The second kappa shape index (κ2) is 10.1. The van der Waals surface area contributed by atoms with Crippen molar-refractivity contribution in [2.24, 2.45) is 0 Å².